The van der Waals surface area contributed by atoms with Gasteiger partial charge >= 0.3 is 5.97 Å². The highest BCUT2D eigenvalue weighted by Crippen LogP contribution is 2.28. The van der Waals surface area contributed by atoms with Crippen LogP contribution < -0.4 is 4.74 Å². The van der Waals surface area contributed by atoms with Crippen LogP contribution in [0.5, 0.6) is 5.88 Å². The van der Waals surface area contributed by atoms with Crippen LogP contribution in [0.4, 0.5) is 13.2 Å². The zero-order valence-corrected chi connectivity index (χ0v) is 25.8. The number of benzene rings is 2. The number of carbonyl (C=O) groups is 1. The van der Waals surface area contributed by atoms with E-state index in [4.69, 9.17) is 25.8 Å². The Labute approximate surface area is 262 Å². The molecule has 0 saturated heterocycles. The third-order valence-electron chi connectivity index (χ3n) is 6.73. The lowest BCUT2D eigenvalue weighted by atomic mass is 10.0. The molecule has 0 atom stereocenters. The summed E-state index contributed by atoms with van der Waals surface area (Å²) in [7, 11) is 1.56. The van der Waals surface area contributed by atoms with Gasteiger partial charge in [0.2, 0.25) is 11.8 Å². The van der Waals surface area contributed by atoms with Crippen LogP contribution in [0.15, 0.2) is 60.7 Å². The number of esters is 1. The number of hydrogen-bond acceptors (Lipinski definition) is 7. The van der Waals surface area contributed by atoms with Crippen LogP contribution in [0.3, 0.4) is 0 Å². The molecule has 0 spiro atoms. The Hall–Kier alpha value is -4.48. The summed E-state index contributed by atoms with van der Waals surface area (Å²) in [6, 6.07) is 14.6. The Balaban J connectivity index is 1.41. The van der Waals surface area contributed by atoms with Crippen molar-refractivity contribution in [2.24, 2.45) is 0 Å². The van der Waals surface area contributed by atoms with Crippen molar-refractivity contribution in [1.82, 2.24) is 19.5 Å². The zero-order valence-electron chi connectivity index (χ0n) is 25.0. The number of fused-ring (bicyclic) bond motifs is 1. The van der Waals surface area contributed by atoms with Gasteiger partial charge < -0.3 is 18.8 Å². The standard InChI is InChI=1S/C33H30ClF3N4O4/c1-33(2,3)45-32(42)19-8-10-26-27(15-19)41(12-13-43-4)29(38-26)16-21-14-24(36)22(17-23(21)35)25-6-5-7-30(39-25)44-18-20-9-11-28(34)40-31(20)37/h5-11,14-15,17H,12-13,16,18H2,1-4H3. The highest BCUT2D eigenvalue weighted by Gasteiger charge is 2.21. The molecule has 12 heteroatoms. The predicted octanol–water partition coefficient (Wildman–Crippen LogP) is 7.34. The lowest BCUT2D eigenvalue weighted by Gasteiger charge is -2.19. The Morgan fingerprint density at radius 2 is 1.73 bits per heavy atom. The average molecular weight is 639 g/mol. The van der Waals surface area contributed by atoms with Gasteiger partial charge in [-0.1, -0.05) is 17.7 Å². The zero-order chi connectivity index (χ0) is 32.3. The van der Waals surface area contributed by atoms with Crippen molar-refractivity contribution in [1.29, 1.82) is 0 Å². The first-order valence-corrected chi connectivity index (χ1v) is 14.4. The lowest BCUT2D eigenvalue weighted by molar-refractivity contribution is 0.00696. The number of ether oxygens (including phenoxy) is 3. The van der Waals surface area contributed by atoms with Gasteiger partial charge in [-0.2, -0.15) is 4.39 Å². The minimum absolute atomic E-state index is 0.0110. The molecule has 234 valence electrons. The van der Waals surface area contributed by atoms with E-state index in [1.807, 2.05) is 4.57 Å². The third kappa shape index (κ3) is 7.61. The molecule has 0 bridgehead atoms. The molecule has 0 aliphatic carbocycles. The molecule has 3 heterocycles. The van der Waals surface area contributed by atoms with E-state index < -0.39 is 29.2 Å². The van der Waals surface area contributed by atoms with Crippen molar-refractivity contribution in [3.05, 3.63) is 106 Å². The van der Waals surface area contributed by atoms with Gasteiger partial charge in [-0.15, -0.1) is 0 Å². The molecular weight excluding hydrogens is 609 g/mol. The largest absolute Gasteiger partial charge is 0.473 e. The van der Waals surface area contributed by atoms with Gasteiger partial charge in [0, 0.05) is 37.3 Å². The van der Waals surface area contributed by atoms with Crippen molar-refractivity contribution in [3.63, 3.8) is 0 Å². The Morgan fingerprint density at radius 1 is 0.933 bits per heavy atom. The molecule has 0 amide bonds. The van der Waals surface area contributed by atoms with Crippen LogP contribution in [0.25, 0.3) is 22.3 Å². The molecule has 2 aromatic carbocycles. The van der Waals surface area contributed by atoms with Gasteiger partial charge in [0.15, 0.2) is 0 Å². The quantitative estimate of drug-likeness (QED) is 0.117. The first-order valence-electron chi connectivity index (χ1n) is 14.0. The molecular formula is C33H30ClF3N4O4. The van der Waals surface area contributed by atoms with E-state index in [-0.39, 0.29) is 46.4 Å². The summed E-state index contributed by atoms with van der Waals surface area (Å²) in [4.78, 5) is 25.2. The van der Waals surface area contributed by atoms with Gasteiger partial charge in [0.05, 0.1) is 28.9 Å². The van der Waals surface area contributed by atoms with E-state index in [0.717, 1.165) is 12.1 Å². The Kier molecular flexibility index (Phi) is 9.40. The molecule has 0 fully saturated rings. The van der Waals surface area contributed by atoms with Gasteiger partial charge in [-0.3, -0.25) is 0 Å². The number of imidazole rings is 1. The monoisotopic (exact) mass is 638 g/mol. The van der Waals surface area contributed by atoms with Crippen LogP contribution in [-0.2, 0) is 29.0 Å². The molecule has 0 N–H and O–H groups in total. The fraction of sp³-hybridized carbons (Fsp3) is 0.273. The fourth-order valence-corrected chi connectivity index (χ4v) is 4.78. The maximum Gasteiger partial charge on any atom is 0.338 e. The smallest absolute Gasteiger partial charge is 0.338 e. The summed E-state index contributed by atoms with van der Waals surface area (Å²) in [5.41, 5.74) is 1.20. The van der Waals surface area contributed by atoms with Crippen molar-refractivity contribution >= 4 is 28.6 Å². The van der Waals surface area contributed by atoms with Gasteiger partial charge in [-0.25, -0.2) is 28.5 Å². The highest BCUT2D eigenvalue weighted by atomic mass is 35.5. The molecule has 5 aromatic rings. The van der Waals surface area contributed by atoms with Crippen molar-refractivity contribution in [2.45, 2.75) is 45.9 Å². The summed E-state index contributed by atoms with van der Waals surface area (Å²) < 4.78 is 63.1. The maximum atomic E-state index is 15.5. The van der Waals surface area contributed by atoms with Crippen molar-refractivity contribution in [2.75, 3.05) is 13.7 Å². The topological polar surface area (TPSA) is 88.4 Å². The minimum atomic E-state index is -0.776. The third-order valence-corrected chi connectivity index (χ3v) is 6.94. The summed E-state index contributed by atoms with van der Waals surface area (Å²) in [5, 5.41) is 0.0110. The van der Waals surface area contributed by atoms with Crippen molar-refractivity contribution in [3.8, 4) is 17.1 Å². The van der Waals surface area contributed by atoms with Crippen LogP contribution in [0.1, 0.15) is 48.1 Å². The molecule has 8 nitrogen and oxygen atoms in total. The Bertz CT molecular complexity index is 1870. The number of carbonyl (C=O) groups excluding carboxylic acids is 1. The van der Waals surface area contributed by atoms with Crippen LogP contribution in [0, 0.1) is 17.6 Å². The molecule has 5 rings (SSSR count). The molecule has 0 unspecified atom stereocenters. The van der Waals surface area contributed by atoms with Gasteiger partial charge in [-0.05, 0) is 74.9 Å². The number of halogens is 4. The fourth-order valence-electron chi connectivity index (χ4n) is 4.64. The molecule has 0 saturated carbocycles. The first-order chi connectivity index (χ1) is 21.4. The summed E-state index contributed by atoms with van der Waals surface area (Å²) in [6.07, 6.45) is -0.0273. The highest BCUT2D eigenvalue weighted by molar-refractivity contribution is 6.29. The molecule has 0 aliphatic rings. The van der Waals surface area contributed by atoms with E-state index in [1.54, 1.807) is 52.1 Å². The van der Waals surface area contributed by atoms with Crippen LogP contribution >= 0.6 is 11.6 Å². The lowest BCUT2D eigenvalue weighted by Crippen LogP contribution is -2.23. The molecule has 3 aromatic heterocycles. The van der Waals surface area contributed by atoms with E-state index in [1.165, 1.54) is 24.3 Å². The Morgan fingerprint density at radius 3 is 2.47 bits per heavy atom. The van der Waals surface area contributed by atoms with Gasteiger partial charge in [0.1, 0.15) is 34.8 Å². The number of pyridine rings is 2. The number of nitrogens with zero attached hydrogens (tertiary/aromatic N) is 4. The summed E-state index contributed by atoms with van der Waals surface area (Å²) in [6.45, 7) is 5.86. The number of rotatable bonds is 10. The number of hydrogen-bond donors (Lipinski definition) is 0. The normalized spacial score (nSPS) is 11.6. The van der Waals surface area contributed by atoms with E-state index in [0.29, 0.717) is 35.6 Å². The number of aromatic nitrogens is 4. The summed E-state index contributed by atoms with van der Waals surface area (Å²) >= 11 is 5.69. The molecule has 45 heavy (non-hydrogen) atoms. The molecule has 0 aliphatic heterocycles. The summed E-state index contributed by atoms with van der Waals surface area (Å²) in [5.74, 6) is -2.06. The van der Waals surface area contributed by atoms with E-state index in [2.05, 4.69) is 15.0 Å². The number of methoxy groups -OCH3 is 1. The average Bonchev–Trinajstić information content (AvgIpc) is 3.32. The van der Waals surface area contributed by atoms with E-state index in [9.17, 15) is 9.18 Å². The second-order valence-corrected chi connectivity index (χ2v) is 11.6. The first kappa shape index (κ1) is 31.9. The van der Waals surface area contributed by atoms with E-state index >= 15 is 8.78 Å². The van der Waals surface area contributed by atoms with Crippen LogP contribution in [0.2, 0.25) is 5.15 Å². The predicted molar refractivity (Wildman–Crippen MR) is 163 cm³/mol. The van der Waals surface area contributed by atoms with Crippen LogP contribution in [-0.4, -0.2) is 44.8 Å². The second-order valence-electron chi connectivity index (χ2n) is 11.2. The second kappa shape index (κ2) is 13.3. The van der Waals surface area contributed by atoms with Gasteiger partial charge in [0.25, 0.3) is 0 Å². The molecule has 0 radical (unpaired) electrons. The minimum Gasteiger partial charge on any atom is -0.473 e. The maximum absolute atomic E-state index is 15.5. The SMILES string of the molecule is COCCn1c(Cc2cc(F)c(-c3cccc(OCc4ccc(Cl)nc4F)n3)cc2F)nc2ccc(C(=O)OC(C)(C)C)cc21. The van der Waals surface area contributed by atoms with Crippen molar-refractivity contribution < 1.29 is 32.2 Å².